The molecule has 1 atom stereocenters. The van der Waals surface area contributed by atoms with E-state index in [4.69, 9.17) is 5.11 Å². The molecule has 1 aromatic carbocycles. The van der Waals surface area contributed by atoms with Crippen LogP contribution >= 0.6 is 11.8 Å². The van der Waals surface area contributed by atoms with Crippen molar-refractivity contribution in [3.63, 3.8) is 0 Å². The maximum absolute atomic E-state index is 13.7. The number of thioether (sulfide) groups is 1. The van der Waals surface area contributed by atoms with E-state index in [2.05, 4.69) is 4.72 Å². The zero-order valence-electron chi connectivity index (χ0n) is 10.9. The van der Waals surface area contributed by atoms with Gasteiger partial charge in [0.15, 0.2) is 0 Å². The highest BCUT2D eigenvalue weighted by molar-refractivity contribution is 7.98. The Hall–Kier alpha value is -0.630. The average Bonchev–Trinajstić information content (AvgIpc) is 2.36. The van der Waals surface area contributed by atoms with Gasteiger partial charge in [0.1, 0.15) is 10.7 Å². The monoisotopic (exact) mass is 307 g/mol. The van der Waals surface area contributed by atoms with E-state index in [0.717, 1.165) is 11.8 Å². The van der Waals surface area contributed by atoms with Crippen molar-refractivity contribution >= 4 is 21.8 Å². The van der Waals surface area contributed by atoms with Crippen LogP contribution in [-0.4, -0.2) is 32.1 Å². The molecule has 0 bridgehead atoms. The fourth-order valence-electron chi connectivity index (χ4n) is 1.53. The van der Waals surface area contributed by atoms with Crippen molar-refractivity contribution in [2.75, 3.05) is 18.6 Å². The molecule has 108 valence electrons. The van der Waals surface area contributed by atoms with Gasteiger partial charge in [0.05, 0.1) is 6.61 Å². The van der Waals surface area contributed by atoms with E-state index in [1.54, 1.807) is 11.8 Å². The number of nitrogens with one attached hydrogen (secondary N) is 1. The molecule has 0 radical (unpaired) electrons. The fourth-order valence-corrected chi connectivity index (χ4v) is 3.44. The van der Waals surface area contributed by atoms with Crippen LogP contribution in [0.4, 0.5) is 4.39 Å². The molecule has 0 aliphatic carbocycles. The molecule has 0 saturated carbocycles. The van der Waals surface area contributed by atoms with Crippen LogP contribution in [0, 0.1) is 11.7 Å². The molecule has 4 nitrogen and oxygen atoms in total. The summed E-state index contributed by atoms with van der Waals surface area (Å²) in [5.41, 5.74) is 0.340. The molecule has 0 heterocycles. The number of aliphatic hydroxyl groups is 1. The number of benzene rings is 1. The van der Waals surface area contributed by atoms with E-state index in [9.17, 15) is 12.8 Å². The van der Waals surface area contributed by atoms with Gasteiger partial charge in [-0.3, -0.25) is 0 Å². The van der Waals surface area contributed by atoms with Crippen molar-refractivity contribution < 1.29 is 17.9 Å². The largest absolute Gasteiger partial charge is 0.392 e. The standard InChI is InChI=1S/C12H18FNO3S2/c1-9(8-18-2)6-14-19(16,17)12-4-3-10(7-15)5-11(12)13/h3-5,9,14-15H,6-8H2,1-2H3. The third-order valence-corrected chi connectivity index (χ3v) is 4.90. The Kier molecular flexibility index (Phi) is 6.25. The number of rotatable bonds is 7. The molecule has 1 rings (SSSR count). The van der Waals surface area contributed by atoms with Crippen LogP contribution in [0.15, 0.2) is 23.1 Å². The van der Waals surface area contributed by atoms with Gasteiger partial charge in [0.2, 0.25) is 10.0 Å². The van der Waals surface area contributed by atoms with E-state index in [-0.39, 0.29) is 24.0 Å². The summed E-state index contributed by atoms with van der Waals surface area (Å²) in [6.07, 6.45) is 1.94. The minimum atomic E-state index is -3.85. The Labute approximate surface area is 117 Å². The number of aliphatic hydroxyl groups excluding tert-OH is 1. The summed E-state index contributed by atoms with van der Waals surface area (Å²) in [6, 6.07) is 3.59. The van der Waals surface area contributed by atoms with Crippen LogP contribution in [0.3, 0.4) is 0 Å². The maximum atomic E-state index is 13.7. The Balaban J connectivity index is 2.83. The fraction of sp³-hybridized carbons (Fsp3) is 0.500. The van der Waals surface area contributed by atoms with Gasteiger partial charge in [0.25, 0.3) is 0 Å². The molecule has 1 unspecified atom stereocenters. The van der Waals surface area contributed by atoms with E-state index < -0.39 is 15.8 Å². The Morgan fingerprint density at radius 2 is 2.16 bits per heavy atom. The Morgan fingerprint density at radius 1 is 1.47 bits per heavy atom. The van der Waals surface area contributed by atoms with Crippen molar-refractivity contribution in [3.8, 4) is 0 Å². The van der Waals surface area contributed by atoms with Crippen molar-refractivity contribution in [2.24, 2.45) is 5.92 Å². The lowest BCUT2D eigenvalue weighted by Gasteiger charge is -2.12. The number of halogens is 1. The van der Waals surface area contributed by atoms with E-state index in [1.165, 1.54) is 12.1 Å². The SMILES string of the molecule is CSCC(C)CNS(=O)(=O)c1ccc(CO)cc1F. The minimum absolute atomic E-state index is 0.171. The van der Waals surface area contributed by atoms with Crippen molar-refractivity contribution in [1.82, 2.24) is 4.72 Å². The summed E-state index contributed by atoms with van der Waals surface area (Å²) < 4.78 is 39.9. The second-order valence-corrected chi connectivity index (χ2v) is 6.98. The lowest BCUT2D eigenvalue weighted by atomic mass is 10.2. The van der Waals surface area contributed by atoms with Gasteiger partial charge in [-0.1, -0.05) is 13.0 Å². The maximum Gasteiger partial charge on any atom is 0.243 e. The first-order chi connectivity index (χ1) is 8.90. The lowest BCUT2D eigenvalue weighted by molar-refractivity contribution is 0.281. The highest BCUT2D eigenvalue weighted by Crippen LogP contribution is 2.16. The van der Waals surface area contributed by atoms with E-state index in [1.807, 2.05) is 13.2 Å². The highest BCUT2D eigenvalue weighted by Gasteiger charge is 2.19. The van der Waals surface area contributed by atoms with Crippen LogP contribution in [0.2, 0.25) is 0 Å². The van der Waals surface area contributed by atoms with Gasteiger partial charge in [-0.2, -0.15) is 11.8 Å². The van der Waals surface area contributed by atoms with E-state index >= 15 is 0 Å². The van der Waals surface area contributed by atoms with E-state index in [0.29, 0.717) is 5.56 Å². The lowest BCUT2D eigenvalue weighted by Crippen LogP contribution is -2.29. The molecule has 0 amide bonds. The van der Waals surface area contributed by atoms with Gasteiger partial charge in [-0.05, 0) is 35.6 Å². The number of sulfonamides is 1. The molecule has 1 aromatic rings. The van der Waals surface area contributed by atoms with Crippen molar-refractivity contribution in [1.29, 1.82) is 0 Å². The van der Waals surface area contributed by atoms with Gasteiger partial charge in [0, 0.05) is 6.54 Å². The van der Waals surface area contributed by atoms with Gasteiger partial charge >= 0.3 is 0 Å². The molecular formula is C12H18FNO3S2. The van der Waals surface area contributed by atoms with Gasteiger partial charge in [-0.25, -0.2) is 17.5 Å². The zero-order valence-corrected chi connectivity index (χ0v) is 12.5. The number of hydrogen-bond donors (Lipinski definition) is 2. The van der Waals surface area contributed by atoms with Crippen molar-refractivity contribution in [3.05, 3.63) is 29.6 Å². The van der Waals surface area contributed by atoms with Crippen LogP contribution in [0.1, 0.15) is 12.5 Å². The first-order valence-electron chi connectivity index (χ1n) is 5.78. The molecule has 0 aliphatic heterocycles. The van der Waals surface area contributed by atoms with Crippen LogP contribution in [-0.2, 0) is 16.6 Å². The average molecular weight is 307 g/mol. The quantitative estimate of drug-likeness (QED) is 0.803. The molecule has 0 fully saturated rings. The summed E-state index contributed by atoms with van der Waals surface area (Å²) >= 11 is 1.63. The predicted octanol–water partition coefficient (Wildman–Crippen LogP) is 1.60. The summed E-state index contributed by atoms with van der Waals surface area (Å²) in [5.74, 6) is 0.148. The zero-order chi connectivity index (χ0) is 14.5. The molecule has 0 spiro atoms. The molecule has 0 aromatic heterocycles. The predicted molar refractivity (Wildman–Crippen MR) is 75.1 cm³/mol. The molecule has 19 heavy (non-hydrogen) atoms. The number of hydrogen-bond acceptors (Lipinski definition) is 4. The summed E-state index contributed by atoms with van der Waals surface area (Å²) in [6.45, 7) is 1.87. The second kappa shape index (κ2) is 7.23. The third kappa shape index (κ3) is 4.76. The van der Waals surface area contributed by atoms with Gasteiger partial charge < -0.3 is 5.11 Å². The Bertz CT molecular complexity index is 520. The third-order valence-electron chi connectivity index (χ3n) is 2.54. The molecule has 0 aliphatic rings. The summed E-state index contributed by atoms with van der Waals surface area (Å²) in [7, 11) is -3.85. The van der Waals surface area contributed by atoms with Crippen LogP contribution < -0.4 is 4.72 Å². The first-order valence-corrected chi connectivity index (χ1v) is 8.66. The van der Waals surface area contributed by atoms with Crippen LogP contribution in [0.5, 0.6) is 0 Å². The minimum Gasteiger partial charge on any atom is -0.392 e. The molecular weight excluding hydrogens is 289 g/mol. The smallest absolute Gasteiger partial charge is 0.243 e. The summed E-state index contributed by atoms with van der Waals surface area (Å²) in [4.78, 5) is -0.388. The molecule has 2 N–H and O–H groups in total. The Morgan fingerprint density at radius 3 is 2.68 bits per heavy atom. The molecule has 0 saturated heterocycles. The van der Waals surface area contributed by atoms with Gasteiger partial charge in [-0.15, -0.1) is 0 Å². The summed E-state index contributed by atoms with van der Waals surface area (Å²) in [5, 5.41) is 8.86. The molecule has 7 heteroatoms. The first kappa shape index (κ1) is 16.4. The normalized spacial score (nSPS) is 13.5. The highest BCUT2D eigenvalue weighted by atomic mass is 32.2. The topological polar surface area (TPSA) is 66.4 Å². The van der Waals surface area contributed by atoms with Crippen molar-refractivity contribution in [2.45, 2.75) is 18.4 Å². The van der Waals surface area contributed by atoms with Crippen LogP contribution in [0.25, 0.3) is 0 Å². The second-order valence-electron chi connectivity index (χ2n) is 4.34.